The van der Waals surface area contributed by atoms with Crippen molar-refractivity contribution < 1.29 is 0 Å². The fraction of sp³-hybridized carbons (Fsp3) is 0.647. The topological polar surface area (TPSA) is 15.3 Å². The minimum atomic E-state index is 0.699. The van der Waals surface area contributed by atoms with Crippen LogP contribution in [0, 0.1) is 5.92 Å². The Balaban J connectivity index is 2.58. The van der Waals surface area contributed by atoms with Crippen LogP contribution in [0.5, 0.6) is 0 Å². The first-order valence-corrected chi connectivity index (χ1v) is 8.56. The Kier molecular flexibility index (Phi) is 8.43. The summed E-state index contributed by atoms with van der Waals surface area (Å²) in [6.45, 7) is 14.3. The highest BCUT2D eigenvalue weighted by Crippen LogP contribution is 2.20. The average Bonchev–Trinajstić information content (AvgIpc) is 2.40. The molecular weight excluding hydrogens is 312 g/mol. The van der Waals surface area contributed by atoms with E-state index >= 15 is 0 Å². The van der Waals surface area contributed by atoms with E-state index in [1.54, 1.807) is 0 Å². The molecule has 3 heteroatoms. The van der Waals surface area contributed by atoms with Crippen LogP contribution in [0.25, 0.3) is 0 Å². The minimum Gasteiger partial charge on any atom is -0.312 e. The van der Waals surface area contributed by atoms with Crippen molar-refractivity contribution in [3.63, 3.8) is 0 Å². The Morgan fingerprint density at radius 1 is 1.25 bits per heavy atom. The highest BCUT2D eigenvalue weighted by atomic mass is 79.9. The van der Waals surface area contributed by atoms with Crippen molar-refractivity contribution in [1.29, 1.82) is 0 Å². The summed E-state index contributed by atoms with van der Waals surface area (Å²) in [5.74, 6) is 0.699. The fourth-order valence-electron chi connectivity index (χ4n) is 2.24. The fourth-order valence-corrected chi connectivity index (χ4v) is 2.79. The number of benzene rings is 1. The van der Waals surface area contributed by atoms with Gasteiger partial charge >= 0.3 is 0 Å². The van der Waals surface area contributed by atoms with Crippen LogP contribution in [0.15, 0.2) is 22.7 Å². The number of nitrogens with one attached hydrogen (secondary N) is 1. The minimum absolute atomic E-state index is 0.699. The second-order valence-electron chi connectivity index (χ2n) is 5.82. The number of hydrogen-bond donors (Lipinski definition) is 1. The van der Waals surface area contributed by atoms with Crippen molar-refractivity contribution in [2.24, 2.45) is 5.92 Å². The van der Waals surface area contributed by atoms with E-state index in [4.69, 9.17) is 0 Å². The molecule has 1 aromatic carbocycles. The van der Waals surface area contributed by atoms with Gasteiger partial charge in [-0.3, -0.25) is 4.90 Å². The Bertz CT molecular complexity index is 391. The van der Waals surface area contributed by atoms with Gasteiger partial charge < -0.3 is 5.32 Å². The van der Waals surface area contributed by atoms with Gasteiger partial charge in [-0.2, -0.15) is 0 Å². The van der Waals surface area contributed by atoms with Gasteiger partial charge in [0.05, 0.1) is 0 Å². The molecule has 0 bridgehead atoms. The highest BCUT2D eigenvalue weighted by Gasteiger charge is 2.07. The van der Waals surface area contributed by atoms with Gasteiger partial charge in [0.15, 0.2) is 0 Å². The third-order valence-electron chi connectivity index (χ3n) is 3.38. The predicted molar refractivity (Wildman–Crippen MR) is 91.9 cm³/mol. The maximum Gasteiger partial charge on any atom is 0.0244 e. The number of rotatable bonds is 9. The molecule has 0 saturated carbocycles. The summed E-state index contributed by atoms with van der Waals surface area (Å²) in [6.07, 6.45) is 1.21. The van der Waals surface area contributed by atoms with Gasteiger partial charge in [0.1, 0.15) is 0 Å². The van der Waals surface area contributed by atoms with Crippen LogP contribution >= 0.6 is 15.9 Å². The molecule has 0 heterocycles. The molecule has 0 amide bonds. The van der Waals surface area contributed by atoms with E-state index in [-0.39, 0.29) is 0 Å². The maximum atomic E-state index is 3.72. The lowest BCUT2D eigenvalue weighted by atomic mass is 10.1. The van der Waals surface area contributed by atoms with Gasteiger partial charge in [0, 0.05) is 17.6 Å². The second kappa shape index (κ2) is 9.54. The van der Waals surface area contributed by atoms with Crippen LogP contribution < -0.4 is 5.32 Å². The molecule has 0 radical (unpaired) electrons. The molecule has 1 rings (SSSR count). The third-order valence-corrected chi connectivity index (χ3v) is 4.12. The van der Waals surface area contributed by atoms with Crippen molar-refractivity contribution in [3.05, 3.63) is 33.8 Å². The van der Waals surface area contributed by atoms with E-state index in [1.807, 2.05) is 0 Å². The monoisotopic (exact) mass is 340 g/mol. The maximum absolute atomic E-state index is 3.72. The molecular formula is C17H29BrN2. The zero-order valence-corrected chi connectivity index (χ0v) is 15.0. The summed E-state index contributed by atoms with van der Waals surface area (Å²) in [5, 5.41) is 3.49. The lowest BCUT2D eigenvalue weighted by Gasteiger charge is -2.20. The van der Waals surface area contributed by atoms with Gasteiger partial charge in [-0.1, -0.05) is 55.8 Å². The predicted octanol–water partition coefficient (Wildman–Crippen LogP) is 4.43. The molecule has 0 aromatic heterocycles. The second-order valence-corrected chi connectivity index (χ2v) is 6.67. The molecule has 0 aliphatic carbocycles. The lowest BCUT2D eigenvalue weighted by Crippen LogP contribution is -2.24. The van der Waals surface area contributed by atoms with Gasteiger partial charge in [0.25, 0.3) is 0 Å². The van der Waals surface area contributed by atoms with Crippen molar-refractivity contribution in [3.8, 4) is 0 Å². The number of halogens is 1. The normalized spacial score (nSPS) is 11.6. The first kappa shape index (κ1) is 17.7. The Morgan fingerprint density at radius 3 is 2.55 bits per heavy atom. The van der Waals surface area contributed by atoms with E-state index in [1.165, 1.54) is 28.6 Å². The van der Waals surface area contributed by atoms with E-state index in [2.05, 4.69) is 72.0 Å². The van der Waals surface area contributed by atoms with Crippen LogP contribution in [0.3, 0.4) is 0 Å². The van der Waals surface area contributed by atoms with Crippen molar-refractivity contribution in [2.45, 2.75) is 47.2 Å². The van der Waals surface area contributed by atoms with E-state index in [9.17, 15) is 0 Å². The Labute approximate surface area is 133 Å². The number of hydrogen-bond acceptors (Lipinski definition) is 2. The first-order chi connectivity index (χ1) is 9.56. The molecule has 1 N–H and O–H groups in total. The quantitative estimate of drug-likeness (QED) is 0.715. The van der Waals surface area contributed by atoms with Crippen molar-refractivity contribution in [1.82, 2.24) is 10.2 Å². The SMILES string of the molecule is CCCN(CC)Cc1ccc(CNCC(C)C)cc1Br. The molecule has 0 spiro atoms. The van der Waals surface area contributed by atoms with Crippen LogP contribution in [0.2, 0.25) is 0 Å². The summed E-state index contributed by atoms with van der Waals surface area (Å²) in [4.78, 5) is 2.48. The van der Waals surface area contributed by atoms with Crippen LogP contribution in [0.4, 0.5) is 0 Å². The standard InChI is InChI=1S/C17H29BrN2/c1-5-9-20(6-2)13-16-8-7-15(10-17(16)18)12-19-11-14(3)4/h7-8,10,14,19H,5-6,9,11-13H2,1-4H3. The summed E-state index contributed by atoms with van der Waals surface area (Å²) in [7, 11) is 0. The van der Waals surface area contributed by atoms with Crippen LogP contribution in [0.1, 0.15) is 45.2 Å². The van der Waals surface area contributed by atoms with E-state index < -0.39 is 0 Å². The molecule has 0 aliphatic heterocycles. The molecule has 0 atom stereocenters. The van der Waals surface area contributed by atoms with E-state index in [0.717, 1.165) is 26.2 Å². The van der Waals surface area contributed by atoms with Crippen LogP contribution in [-0.2, 0) is 13.1 Å². The lowest BCUT2D eigenvalue weighted by molar-refractivity contribution is 0.280. The molecule has 114 valence electrons. The average molecular weight is 341 g/mol. The summed E-state index contributed by atoms with van der Waals surface area (Å²) < 4.78 is 1.23. The van der Waals surface area contributed by atoms with Gasteiger partial charge in [-0.05, 0) is 49.2 Å². The molecule has 0 unspecified atom stereocenters. The molecule has 20 heavy (non-hydrogen) atoms. The molecule has 1 aromatic rings. The molecule has 0 saturated heterocycles. The zero-order chi connectivity index (χ0) is 15.0. The smallest absolute Gasteiger partial charge is 0.0244 e. The molecule has 0 aliphatic rings. The molecule has 2 nitrogen and oxygen atoms in total. The van der Waals surface area contributed by atoms with Crippen molar-refractivity contribution >= 4 is 15.9 Å². The first-order valence-electron chi connectivity index (χ1n) is 7.77. The van der Waals surface area contributed by atoms with Gasteiger partial charge in [-0.15, -0.1) is 0 Å². The largest absolute Gasteiger partial charge is 0.312 e. The Morgan fingerprint density at radius 2 is 2.00 bits per heavy atom. The van der Waals surface area contributed by atoms with E-state index in [0.29, 0.717) is 5.92 Å². The summed E-state index contributed by atoms with van der Waals surface area (Å²) in [5.41, 5.74) is 2.73. The van der Waals surface area contributed by atoms with Gasteiger partial charge in [-0.25, -0.2) is 0 Å². The highest BCUT2D eigenvalue weighted by molar-refractivity contribution is 9.10. The summed E-state index contributed by atoms with van der Waals surface area (Å²) in [6, 6.07) is 6.75. The van der Waals surface area contributed by atoms with Gasteiger partial charge in [0.2, 0.25) is 0 Å². The zero-order valence-electron chi connectivity index (χ0n) is 13.4. The third kappa shape index (κ3) is 6.38. The van der Waals surface area contributed by atoms with Crippen molar-refractivity contribution in [2.75, 3.05) is 19.6 Å². The molecule has 0 fully saturated rings. The van der Waals surface area contributed by atoms with Crippen LogP contribution in [-0.4, -0.2) is 24.5 Å². The summed E-state index contributed by atoms with van der Waals surface area (Å²) >= 11 is 3.72. The Hall–Kier alpha value is -0.380. The number of nitrogens with zero attached hydrogens (tertiary/aromatic N) is 1.